The highest BCUT2D eigenvalue weighted by Gasteiger charge is 2.31. The van der Waals surface area contributed by atoms with E-state index < -0.39 is 6.04 Å². The molecule has 3 aromatic rings. The van der Waals surface area contributed by atoms with E-state index in [2.05, 4.69) is 5.32 Å². The fourth-order valence-corrected chi connectivity index (χ4v) is 4.18. The molecule has 2 amide bonds. The SMILES string of the molecule is COc1ccc(CC(=O)N(Cc2ccc(F)cc2)[C@H](C(=O)NCCCOC(C)C)c2ccccc2)cc1OC. The minimum Gasteiger partial charge on any atom is -0.493 e. The summed E-state index contributed by atoms with van der Waals surface area (Å²) in [6.45, 7) is 4.97. The van der Waals surface area contributed by atoms with Crippen LogP contribution in [0.25, 0.3) is 0 Å². The van der Waals surface area contributed by atoms with E-state index in [4.69, 9.17) is 14.2 Å². The Kier molecular flexibility index (Phi) is 11.3. The van der Waals surface area contributed by atoms with E-state index in [1.165, 1.54) is 19.2 Å². The van der Waals surface area contributed by atoms with Crippen molar-refractivity contribution in [1.82, 2.24) is 10.2 Å². The summed E-state index contributed by atoms with van der Waals surface area (Å²) < 4.78 is 29.9. The average Bonchev–Trinajstić information content (AvgIpc) is 2.93. The largest absolute Gasteiger partial charge is 0.493 e. The van der Waals surface area contributed by atoms with Crippen LogP contribution in [0.15, 0.2) is 72.8 Å². The monoisotopic (exact) mass is 536 g/mol. The van der Waals surface area contributed by atoms with Crippen LogP contribution in [0.4, 0.5) is 4.39 Å². The van der Waals surface area contributed by atoms with Gasteiger partial charge < -0.3 is 24.4 Å². The van der Waals surface area contributed by atoms with Crippen molar-refractivity contribution in [3.05, 3.63) is 95.3 Å². The number of amides is 2. The van der Waals surface area contributed by atoms with Crippen LogP contribution in [-0.4, -0.2) is 50.2 Å². The molecule has 0 heterocycles. The van der Waals surface area contributed by atoms with Crippen molar-refractivity contribution in [3.63, 3.8) is 0 Å². The summed E-state index contributed by atoms with van der Waals surface area (Å²) in [5.41, 5.74) is 2.09. The molecule has 0 aliphatic rings. The summed E-state index contributed by atoms with van der Waals surface area (Å²) in [6, 6.07) is 19.5. The number of nitrogens with zero attached hydrogens (tertiary/aromatic N) is 1. The fourth-order valence-electron chi connectivity index (χ4n) is 4.18. The van der Waals surface area contributed by atoms with Crippen molar-refractivity contribution >= 4 is 11.8 Å². The van der Waals surface area contributed by atoms with Crippen LogP contribution in [0.2, 0.25) is 0 Å². The Hall–Kier alpha value is -3.91. The molecular formula is C31H37FN2O5. The van der Waals surface area contributed by atoms with Crippen molar-refractivity contribution < 1.29 is 28.2 Å². The van der Waals surface area contributed by atoms with Gasteiger partial charge in [-0.3, -0.25) is 9.59 Å². The van der Waals surface area contributed by atoms with E-state index in [0.717, 1.165) is 0 Å². The molecule has 208 valence electrons. The number of hydrogen-bond acceptors (Lipinski definition) is 5. The third-order valence-electron chi connectivity index (χ3n) is 6.14. The molecule has 0 fully saturated rings. The molecule has 39 heavy (non-hydrogen) atoms. The summed E-state index contributed by atoms with van der Waals surface area (Å²) >= 11 is 0. The molecule has 0 bridgehead atoms. The maximum absolute atomic E-state index is 13.9. The van der Waals surface area contributed by atoms with Gasteiger partial charge in [-0.15, -0.1) is 0 Å². The van der Waals surface area contributed by atoms with E-state index in [1.54, 1.807) is 42.3 Å². The van der Waals surface area contributed by atoms with Crippen LogP contribution in [0.3, 0.4) is 0 Å². The Labute approximate surface area is 229 Å². The first-order valence-electron chi connectivity index (χ1n) is 13.0. The van der Waals surface area contributed by atoms with Crippen LogP contribution in [0.5, 0.6) is 11.5 Å². The lowest BCUT2D eigenvalue weighted by Gasteiger charge is -2.32. The van der Waals surface area contributed by atoms with Crippen LogP contribution >= 0.6 is 0 Å². The van der Waals surface area contributed by atoms with E-state index in [9.17, 15) is 14.0 Å². The number of nitrogens with one attached hydrogen (secondary N) is 1. The number of benzene rings is 3. The molecule has 0 unspecified atom stereocenters. The van der Waals surface area contributed by atoms with Crippen molar-refractivity contribution in [2.24, 2.45) is 0 Å². The van der Waals surface area contributed by atoms with Crippen molar-refractivity contribution in [3.8, 4) is 11.5 Å². The Morgan fingerprint density at radius 3 is 2.21 bits per heavy atom. The zero-order valence-corrected chi connectivity index (χ0v) is 23.0. The van der Waals surface area contributed by atoms with Crippen molar-refractivity contribution in [1.29, 1.82) is 0 Å². The zero-order valence-electron chi connectivity index (χ0n) is 23.0. The van der Waals surface area contributed by atoms with Gasteiger partial charge in [-0.2, -0.15) is 0 Å². The van der Waals surface area contributed by atoms with Crippen LogP contribution < -0.4 is 14.8 Å². The summed E-state index contributed by atoms with van der Waals surface area (Å²) in [5.74, 6) is 0.129. The molecule has 0 aliphatic heterocycles. The minimum atomic E-state index is -0.894. The van der Waals surface area contributed by atoms with Gasteiger partial charge in [-0.1, -0.05) is 48.5 Å². The molecule has 0 aliphatic carbocycles. The normalized spacial score (nSPS) is 11.6. The maximum Gasteiger partial charge on any atom is 0.247 e. The van der Waals surface area contributed by atoms with Gasteiger partial charge >= 0.3 is 0 Å². The predicted molar refractivity (Wildman–Crippen MR) is 148 cm³/mol. The maximum atomic E-state index is 13.9. The highest BCUT2D eigenvalue weighted by molar-refractivity contribution is 5.89. The summed E-state index contributed by atoms with van der Waals surface area (Å²) in [4.78, 5) is 29.1. The van der Waals surface area contributed by atoms with Gasteiger partial charge in [0.05, 0.1) is 26.7 Å². The zero-order chi connectivity index (χ0) is 28.2. The number of rotatable bonds is 14. The first-order valence-corrected chi connectivity index (χ1v) is 13.0. The Morgan fingerprint density at radius 1 is 0.897 bits per heavy atom. The van der Waals surface area contributed by atoms with E-state index in [0.29, 0.717) is 47.8 Å². The first-order chi connectivity index (χ1) is 18.8. The number of halogens is 1. The molecule has 7 nitrogen and oxygen atoms in total. The van der Waals surface area contributed by atoms with Gasteiger partial charge in [0, 0.05) is 19.7 Å². The Balaban J connectivity index is 1.92. The third kappa shape index (κ3) is 8.82. The third-order valence-corrected chi connectivity index (χ3v) is 6.14. The molecule has 8 heteroatoms. The first kappa shape index (κ1) is 29.6. The predicted octanol–water partition coefficient (Wildman–Crippen LogP) is 5.09. The number of ether oxygens (including phenoxy) is 3. The molecule has 1 N–H and O–H groups in total. The lowest BCUT2D eigenvalue weighted by Crippen LogP contribution is -2.44. The molecule has 0 saturated carbocycles. The smallest absolute Gasteiger partial charge is 0.247 e. The highest BCUT2D eigenvalue weighted by atomic mass is 19.1. The second-order valence-corrected chi connectivity index (χ2v) is 9.39. The topological polar surface area (TPSA) is 77.1 Å². The number of methoxy groups -OCH3 is 2. The van der Waals surface area contributed by atoms with Gasteiger partial charge in [-0.25, -0.2) is 4.39 Å². The lowest BCUT2D eigenvalue weighted by atomic mass is 10.0. The molecule has 0 saturated heterocycles. The van der Waals surface area contributed by atoms with Gasteiger partial charge in [-0.05, 0) is 61.2 Å². The van der Waals surface area contributed by atoms with Gasteiger partial charge in [0.15, 0.2) is 11.5 Å². The van der Waals surface area contributed by atoms with E-state index in [1.807, 2.05) is 44.2 Å². The second-order valence-electron chi connectivity index (χ2n) is 9.39. The van der Waals surface area contributed by atoms with Crippen LogP contribution in [0.1, 0.15) is 43.0 Å². The second kappa shape index (κ2) is 14.9. The molecule has 0 radical (unpaired) electrons. The number of carbonyl (C=O) groups excluding carboxylic acids is 2. The highest BCUT2D eigenvalue weighted by Crippen LogP contribution is 2.29. The number of carbonyl (C=O) groups is 2. The molecule has 1 atom stereocenters. The standard InChI is InChI=1S/C31H37FN2O5/c1-22(2)39-18-8-17-33-31(36)30(25-9-6-5-7-10-25)34(21-23-11-14-26(32)15-12-23)29(35)20-24-13-16-27(37-3)28(19-24)38-4/h5-7,9-16,19,22,30H,8,17-18,20-21H2,1-4H3,(H,33,36)/t30-/m0/s1. The van der Waals surface area contributed by atoms with Gasteiger partial charge in [0.25, 0.3) is 0 Å². The molecule has 0 aromatic heterocycles. The Morgan fingerprint density at radius 2 is 1.56 bits per heavy atom. The van der Waals surface area contributed by atoms with Crippen molar-refractivity contribution in [2.75, 3.05) is 27.4 Å². The molecule has 3 rings (SSSR count). The van der Waals surface area contributed by atoms with Crippen LogP contribution in [0, 0.1) is 5.82 Å². The summed E-state index contributed by atoms with van der Waals surface area (Å²) in [7, 11) is 3.08. The summed E-state index contributed by atoms with van der Waals surface area (Å²) in [5, 5.41) is 2.97. The average molecular weight is 537 g/mol. The van der Waals surface area contributed by atoms with Gasteiger partial charge in [0.1, 0.15) is 11.9 Å². The molecule has 3 aromatic carbocycles. The quantitative estimate of drug-likeness (QED) is 0.291. The summed E-state index contributed by atoms with van der Waals surface area (Å²) in [6.07, 6.45) is 0.779. The van der Waals surface area contributed by atoms with E-state index in [-0.39, 0.29) is 36.7 Å². The number of hydrogen-bond donors (Lipinski definition) is 1. The van der Waals surface area contributed by atoms with Gasteiger partial charge in [0.2, 0.25) is 11.8 Å². The van der Waals surface area contributed by atoms with E-state index >= 15 is 0 Å². The Bertz CT molecular complexity index is 1200. The molecule has 0 spiro atoms. The lowest BCUT2D eigenvalue weighted by molar-refractivity contribution is -0.141. The van der Waals surface area contributed by atoms with Crippen LogP contribution in [-0.2, 0) is 27.3 Å². The molecular weight excluding hydrogens is 499 g/mol. The van der Waals surface area contributed by atoms with Crippen molar-refractivity contribution in [2.45, 2.75) is 45.4 Å². The fraction of sp³-hybridized carbons (Fsp3) is 0.355. The minimum absolute atomic E-state index is 0.0282.